The zero-order valence-corrected chi connectivity index (χ0v) is 24.1. The Hall–Kier alpha value is -4.04. The minimum Gasteiger partial charge on any atom is -0.354 e. The maximum Gasteiger partial charge on any atom is 0.269 e. The van der Waals surface area contributed by atoms with Gasteiger partial charge in [-0.1, -0.05) is 56.3 Å². The summed E-state index contributed by atoms with van der Waals surface area (Å²) in [4.78, 5) is 27.0. The maximum absolute atomic E-state index is 13.5. The molecule has 216 valence electrons. The van der Waals surface area contributed by atoms with Gasteiger partial charge >= 0.3 is 0 Å². The smallest absolute Gasteiger partial charge is 0.269 e. The number of hydrogen-bond acceptors (Lipinski definition) is 4. The lowest BCUT2D eigenvalue weighted by Gasteiger charge is -2.21. The minimum absolute atomic E-state index is 0.00673. The molecule has 1 amide bonds. The monoisotopic (exact) mass is 558 g/mol. The number of carbonyl (C=O) groups excluding carboxylic acids is 1. The van der Waals surface area contributed by atoms with Crippen molar-refractivity contribution in [1.82, 2.24) is 14.8 Å². The Morgan fingerprint density at radius 1 is 1.05 bits per heavy atom. The summed E-state index contributed by atoms with van der Waals surface area (Å²) in [6.45, 7) is 9.87. The Balaban J connectivity index is 1.63. The van der Waals surface area contributed by atoms with Crippen LogP contribution in [0.3, 0.4) is 0 Å². The average molecular weight is 559 g/mol. The van der Waals surface area contributed by atoms with Crippen molar-refractivity contribution in [2.45, 2.75) is 58.5 Å². The summed E-state index contributed by atoms with van der Waals surface area (Å²) in [6.07, 6.45) is 4.05. The number of benzene rings is 3. The molecule has 1 heterocycles. The van der Waals surface area contributed by atoms with E-state index in [4.69, 9.17) is 0 Å². The van der Waals surface area contributed by atoms with Gasteiger partial charge in [-0.15, -0.1) is 0 Å². The van der Waals surface area contributed by atoms with Crippen molar-refractivity contribution in [1.29, 1.82) is 0 Å². The Morgan fingerprint density at radius 2 is 1.78 bits per heavy atom. The van der Waals surface area contributed by atoms with Crippen molar-refractivity contribution in [3.63, 3.8) is 0 Å². The normalized spacial score (nSPS) is 12.9. The first-order valence-corrected chi connectivity index (χ1v) is 14.4. The number of halogens is 1. The van der Waals surface area contributed by atoms with Gasteiger partial charge in [-0.3, -0.25) is 14.9 Å². The zero-order valence-electron chi connectivity index (χ0n) is 24.1. The molecule has 1 N–H and O–H groups in total. The van der Waals surface area contributed by atoms with Crippen molar-refractivity contribution >= 4 is 22.5 Å². The van der Waals surface area contributed by atoms with Gasteiger partial charge in [-0.05, 0) is 74.3 Å². The number of amides is 1. The molecule has 41 heavy (non-hydrogen) atoms. The third-order valence-electron chi connectivity index (χ3n) is 7.75. The summed E-state index contributed by atoms with van der Waals surface area (Å²) in [5, 5.41) is 15.7. The number of non-ortho nitro benzene ring substituents is 1. The fourth-order valence-electron chi connectivity index (χ4n) is 5.48. The molecule has 0 aliphatic rings. The van der Waals surface area contributed by atoms with Crippen LogP contribution in [0.1, 0.15) is 62.6 Å². The third-order valence-corrected chi connectivity index (χ3v) is 7.75. The molecule has 0 saturated carbocycles. The molecule has 4 aromatic rings. The number of fused-ring (bicyclic) bond motifs is 1. The SMILES string of the molecule is CCN(CC)CCCC(C)NC(=O)CC(c1cccc([N+](=O)[O-])c1)c1cn(Cc2ccc(F)cc2)c2ccccc12. The molecule has 2 atom stereocenters. The van der Waals surface area contributed by atoms with Crippen LogP contribution in [0, 0.1) is 15.9 Å². The molecule has 2 unspecified atom stereocenters. The van der Waals surface area contributed by atoms with Crippen molar-refractivity contribution in [3.8, 4) is 0 Å². The molecular formula is C33H39FN4O3. The summed E-state index contributed by atoms with van der Waals surface area (Å²) in [6, 6.07) is 20.9. The van der Waals surface area contributed by atoms with Crippen LogP contribution in [0.4, 0.5) is 10.1 Å². The quantitative estimate of drug-likeness (QED) is 0.135. The second-order valence-corrected chi connectivity index (χ2v) is 10.6. The number of nitro groups is 1. The van der Waals surface area contributed by atoms with Crippen molar-refractivity contribution in [3.05, 3.63) is 112 Å². The van der Waals surface area contributed by atoms with E-state index in [2.05, 4.69) is 28.6 Å². The molecule has 4 rings (SSSR count). The number of aromatic nitrogens is 1. The molecule has 0 fully saturated rings. The first kappa shape index (κ1) is 29.9. The molecule has 8 heteroatoms. The standard InChI is InChI=1S/C33H39FN4O3/c1-4-36(5-2)19-9-10-24(3)35-33(39)21-30(26-11-8-12-28(20-26)38(40)41)31-23-37(32-14-7-6-13-29(31)32)22-25-15-17-27(34)18-16-25/h6-8,11-18,20,23-24,30H,4-5,9-10,19,21-22H2,1-3H3,(H,35,39). The van der Waals surface area contributed by atoms with E-state index in [1.165, 1.54) is 18.2 Å². The molecule has 0 aliphatic heterocycles. The second kappa shape index (κ2) is 14.0. The number of rotatable bonds is 14. The average Bonchev–Trinajstić information content (AvgIpc) is 3.33. The van der Waals surface area contributed by atoms with Gasteiger partial charge in [0.2, 0.25) is 5.91 Å². The third kappa shape index (κ3) is 7.79. The summed E-state index contributed by atoms with van der Waals surface area (Å²) >= 11 is 0. The van der Waals surface area contributed by atoms with Crippen LogP contribution in [0.2, 0.25) is 0 Å². The fraction of sp³-hybridized carbons (Fsp3) is 0.364. The lowest BCUT2D eigenvalue weighted by molar-refractivity contribution is -0.384. The lowest BCUT2D eigenvalue weighted by Crippen LogP contribution is -2.34. The van der Waals surface area contributed by atoms with E-state index >= 15 is 0 Å². The molecule has 7 nitrogen and oxygen atoms in total. The fourth-order valence-corrected chi connectivity index (χ4v) is 5.48. The Morgan fingerprint density at radius 3 is 2.49 bits per heavy atom. The minimum atomic E-state index is -0.406. The highest BCUT2D eigenvalue weighted by Gasteiger charge is 2.25. The maximum atomic E-state index is 13.5. The molecule has 0 radical (unpaired) electrons. The number of nitrogens with zero attached hydrogens (tertiary/aromatic N) is 3. The Kier molecular flexibility index (Phi) is 10.2. The molecule has 1 aromatic heterocycles. The van der Waals surface area contributed by atoms with Crippen LogP contribution in [-0.4, -0.2) is 46.0 Å². The summed E-state index contributed by atoms with van der Waals surface area (Å²) in [5.74, 6) is -0.768. The second-order valence-electron chi connectivity index (χ2n) is 10.6. The van der Waals surface area contributed by atoms with Crippen LogP contribution < -0.4 is 5.32 Å². The first-order chi connectivity index (χ1) is 19.8. The predicted molar refractivity (Wildman–Crippen MR) is 162 cm³/mol. The van der Waals surface area contributed by atoms with Crippen molar-refractivity contribution < 1.29 is 14.1 Å². The van der Waals surface area contributed by atoms with Gasteiger partial charge in [0.15, 0.2) is 0 Å². The van der Waals surface area contributed by atoms with Gasteiger partial charge in [0, 0.05) is 54.2 Å². The van der Waals surface area contributed by atoms with Crippen LogP contribution in [0.15, 0.2) is 79.0 Å². The summed E-state index contributed by atoms with van der Waals surface area (Å²) in [5.41, 5.74) is 3.56. The Bertz CT molecular complexity index is 1460. The van der Waals surface area contributed by atoms with E-state index in [0.717, 1.165) is 54.5 Å². The molecular weight excluding hydrogens is 519 g/mol. The lowest BCUT2D eigenvalue weighted by atomic mass is 9.87. The highest BCUT2D eigenvalue weighted by atomic mass is 19.1. The highest BCUT2D eigenvalue weighted by Crippen LogP contribution is 2.36. The van der Waals surface area contributed by atoms with E-state index in [1.807, 2.05) is 43.5 Å². The van der Waals surface area contributed by atoms with Gasteiger partial charge < -0.3 is 14.8 Å². The van der Waals surface area contributed by atoms with Gasteiger partial charge in [-0.25, -0.2) is 4.39 Å². The van der Waals surface area contributed by atoms with Crippen LogP contribution >= 0.6 is 0 Å². The largest absolute Gasteiger partial charge is 0.354 e. The van der Waals surface area contributed by atoms with Crippen LogP contribution in [-0.2, 0) is 11.3 Å². The molecule has 3 aromatic carbocycles. The topological polar surface area (TPSA) is 80.4 Å². The van der Waals surface area contributed by atoms with Crippen molar-refractivity contribution in [2.24, 2.45) is 0 Å². The number of hydrogen-bond donors (Lipinski definition) is 1. The molecule has 0 aliphatic carbocycles. The zero-order chi connectivity index (χ0) is 29.4. The van der Waals surface area contributed by atoms with E-state index in [1.54, 1.807) is 24.3 Å². The highest BCUT2D eigenvalue weighted by molar-refractivity contribution is 5.87. The summed E-state index contributed by atoms with van der Waals surface area (Å²) < 4.78 is 15.6. The predicted octanol–water partition coefficient (Wildman–Crippen LogP) is 6.89. The number of carbonyl (C=O) groups is 1. The van der Waals surface area contributed by atoms with E-state index in [9.17, 15) is 19.3 Å². The van der Waals surface area contributed by atoms with E-state index in [-0.39, 0.29) is 29.9 Å². The van der Waals surface area contributed by atoms with Gasteiger partial charge in [0.05, 0.1) is 4.92 Å². The number of nitrogens with one attached hydrogen (secondary N) is 1. The number of nitro benzene ring substituents is 1. The molecule has 0 saturated heterocycles. The molecule has 0 bridgehead atoms. The Labute approximate surface area is 241 Å². The van der Waals surface area contributed by atoms with Crippen LogP contribution in [0.5, 0.6) is 0 Å². The van der Waals surface area contributed by atoms with Crippen LogP contribution in [0.25, 0.3) is 10.9 Å². The van der Waals surface area contributed by atoms with E-state index in [0.29, 0.717) is 12.1 Å². The van der Waals surface area contributed by atoms with Gasteiger partial charge in [-0.2, -0.15) is 0 Å². The number of para-hydroxylation sites is 1. The molecule has 0 spiro atoms. The first-order valence-electron chi connectivity index (χ1n) is 14.4. The van der Waals surface area contributed by atoms with Crippen molar-refractivity contribution in [2.75, 3.05) is 19.6 Å². The van der Waals surface area contributed by atoms with E-state index < -0.39 is 10.8 Å². The van der Waals surface area contributed by atoms with Gasteiger partial charge in [0.1, 0.15) is 5.82 Å². The summed E-state index contributed by atoms with van der Waals surface area (Å²) in [7, 11) is 0. The van der Waals surface area contributed by atoms with Gasteiger partial charge in [0.25, 0.3) is 5.69 Å².